The fraction of sp³-hybridized carbons (Fsp3) is 0.143. The number of hydrogen-bond acceptors (Lipinski definition) is 7. The largest absolute Gasteiger partial charge is 0.497 e. The van der Waals surface area contributed by atoms with Crippen molar-refractivity contribution in [2.45, 2.75) is 6.04 Å². The first-order valence-electron chi connectivity index (χ1n) is 9.01. The van der Waals surface area contributed by atoms with Crippen molar-refractivity contribution >= 4 is 34.8 Å². The Morgan fingerprint density at radius 3 is 2.47 bits per heavy atom. The molecular formula is C21H16ClN5O3. The average molecular weight is 422 g/mol. The number of nitrogens with zero attached hydrogens (tertiary/aromatic N) is 2. The molecule has 2 aromatic carbocycles. The molecule has 1 aliphatic rings. The number of carbonyl (C=O) groups is 1. The number of rotatable bonds is 4. The van der Waals surface area contributed by atoms with Crippen molar-refractivity contribution < 1.29 is 9.53 Å². The summed E-state index contributed by atoms with van der Waals surface area (Å²) in [6.07, 6.45) is 0. The summed E-state index contributed by atoms with van der Waals surface area (Å²) >= 11 is 5.94. The summed E-state index contributed by atoms with van der Waals surface area (Å²) in [7, 11) is 1.57. The number of H-pyrrole nitrogens is 1. The summed E-state index contributed by atoms with van der Waals surface area (Å²) in [5.74, 6) is -0.674. The Morgan fingerprint density at radius 1 is 1.13 bits per heavy atom. The first-order chi connectivity index (χ1) is 14.5. The zero-order valence-electron chi connectivity index (χ0n) is 15.8. The van der Waals surface area contributed by atoms with Crippen LogP contribution in [0, 0.1) is 17.2 Å². The lowest BCUT2D eigenvalue weighted by Crippen LogP contribution is -2.37. The van der Waals surface area contributed by atoms with E-state index < -0.39 is 23.3 Å². The molecule has 0 bridgehead atoms. The molecule has 0 radical (unpaired) electrons. The van der Waals surface area contributed by atoms with E-state index in [0.29, 0.717) is 22.0 Å². The van der Waals surface area contributed by atoms with Gasteiger partial charge in [-0.3, -0.25) is 14.6 Å². The zero-order chi connectivity index (χ0) is 21.3. The predicted octanol–water partition coefficient (Wildman–Crippen LogP) is 3.66. The summed E-state index contributed by atoms with van der Waals surface area (Å²) in [5, 5.41) is 16.2. The molecular weight excluding hydrogens is 406 g/mol. The van der Waals surface area contributed by atoms with Crippen LogP contribution in [0.2, 0.25) is 5.02 Å². The minimum Gasteiger partial charge on any atom is -0.497 e. The number of aromatic nitrogens is 2. The van der Waals surface area contributed by atoms with Gasteiger partial charge >= 0.3 is 0 Å². The van der Waals surface area contributed by atoms with Crippen LogP contribution in [0.15, 0.2) is 53.3 Å². The Bertz CT molecular complexity index is 1200. The normalized spacial score (nSPS) is 17.4. The van der Waals surface area contributed by atoms with Gasteiger partial charge in [0, 0.05) is 10.7 Å². The summed E-state index contributed by atoms with van der Waals surface area (Å²) in [4.78, 5) is 32.4. The van der Waals surface area contributed by atoms with Crippen molar-refractivity contribution in [1.29, 1.82) is 5.26 Å². The van der Waals surface area contributed by atoms with Crippen LogP contribution < -0.4 is 20.9 Å². The summed E-state index contributed by atoms with van der Waals surface area (Å²) in [6.45, 7) is 0. The first-order valence-corrected chi connectivity index (χ1v) is 9.39. The maximum Gasteiger partial charge on any atom is 0.265 e. The smallest absolute Gasteiger partial charge is 0.265 e. The molecule has 3 N–H and O–H groups in total. The first kappa shape index (κ1) is 19.5. The fourth-order valence-corrected chi connectivity index (χ4v) is 3.42. The van der Waals surface area contributed by atoms with Gasteiger partial charge in [-0.05, 0) is 42.0 Å². The molecule has 3 aromatic rings. The molecule has 0 unspecified atom stereocenters. The van der Waals surface area contributed by atoms with E-state index >= 15 is 0 Å². The second kappa shape index (κ2) is 7.89. The maximum absolute atomic E-state index is 12.9. The molecule has 30 heavy (non-hydrogen) atoms. The molecule has 0 aliphatic carbocycles. The third-order valence-electron chi connectivity index (χ3n) is 4.79. The second-order valence-corrected chi connectivity index (χ2v) is 7.07. The highest BCUT2D eigenvalue weighted by atomic mass is 35.5. The lowest BCUT2D eigenvalue weighted by molar-refractivity contribution is 0.0930. The van der Waals surface area contributed by atoms with Crippen LogP contribution in [0.4, 0.5) is 17.5 Å². The van der Waals surface area contributed by atoms with Crippen LogP contribution in [-0.2, 0) is 0 Å². The number of nitrogens with one attached hydrogen (secondary N) is 3. The minimum atomic E-state index is -1.07. The van der Waals surface area contributed by atoms with Gasteiger partial charge in [-0.2, -0.15) is 10.2 Å². The van der Waals surface area contributed by atoms with Gasteiger partial charge < -0.3 is 15.4 Å². The van der Waals surface area contributed by atoms with E-state index in [1.807, 2.05) is 6.07 Å². The zero-order valence-corrected chi connectivity index (χ0v) is 16.5. The number of ketones is 1. The van der Waals surface area contributed by atoms with Crippen LogP contribution in [0.1, 0.15) is 22.0 Å². The van der Waals surface area contributed by atoms with Crippen LogP contribution in [-0.4, -0.2) is 22.9 Å². The number of Topliss-reactive ketones (excluding diaryl/α,β-unsaturated/α-hetero) is 1. The number of fused-ring (bicyclic) bond motifs is 1. The number of aromatic amines is 1. The summed E-state index contributed by atoms with van der Waals surface area (Å²) < 4.78 is 5.12. The standard InChI is InChI=1S/C21H16ClN5O3/c1-30-14-8-6-13(7-9-14)24-21-26-19-16(20(29)27-21)18(28)15(10-23)17(25-19)11-2-4-12(22)5-3-11/h2-9,15,17H,1H3,(H3,24,25,26,27,29)/t15-,17-/m1/s1. The minimum absolute atomic E-state index is 0.117. The van der Waals surface area contributed by atoms with Gasteiger partial charge in [-0.25, -0.2) is 0 Å². The van der Waals surface area contributed by atoms with Gasteiger partial charge in [-0.1, -0.05) is 23.7 Å². The molecule has 0 fully saturated rings. The van der Waals surface area contributed by atoms with Crippen molar-refractivity contribution in [1.82, 2.24) is 9.97 Å². The highest BCUT2D eigenvalue weighted by Gasteiger charge is 2.39. The van der Waals surface area contributed by atoms with Crippen molar-refractivity contribution in [3.05, 3.63) is 75.0 Å². The molecule has 0 amide bonds. The van der Waals surface area contributed by atoms with Crippen LogP contribution in [0.25, 0.3) is 0 Å². The average Bonchev–Trinajstić information content (AvgIpc) is 2.74. The van der Waals surface area contributed by atoms with E-state index in [9.17, 15) is 14.9 Å². The van der Waals surface area contributed by atoms with Gasteiger partial charge in [0.15, 0.2) is 5.78 Å². The summed E-state index contributed by atoms with van der Waals surface area (Å²) in [5.41, 5.74) is 0.581. The highest BCUT2D eigenvalue weighted by Crippen LogP contribution is 2.35. The predicted molar refractivity (Wildman–Crippen MR) is 112 cm³/mol. The number of carbonyl (C=O) groups excluding carboxylic acids is 1. The van der Waals surface area contributed by atoms with E-state index in [0.717, 1.165) is 0 Å². The number of ether oxygens (including phenoxy) is 1. The molecule has 2 atom stereocenters. The lowest BCUT2D eigenvalue weighted by Gasteiger charge is -2.29. The second-order valence-electron chi connectivity index (χ2n) is 6.64. The van der Waals surface area contributed by atoms with Crippen molar-refractivity contribution in [3.63, 3.8) is 0 Å². The number of benzene rings is 2. The van der Waals surface area contributed by atoms with Crippen LogP contribution in [0.3, 0.4) is 0 Å². The quantitative estimate of drug-likeness (QED) is 0.587. The van der Waals surface area contributed by atoms with Crippen LogP contribution >= 0.6 is 11.6 Å². The lowest BCUT2D eigenvalue weighted by atomic mass is 9.85. The highest BCUT2D eigenvalue weighted by molar-refractivity contribution is 6.30. The number of nitriles is 1. The molecule has 150 valence electrons. The Hall–Kier alpha value is -3.83. The molecule has 8 nitrogen and oxygen atoms in total. The van der Waals surface area contributed by atoms with Gasteiger partial charge in [0.2, 0.25) is 5.95 Å². The van der Waals surface area contributed by atoms with Gasteiger partial charge in [0.1, 0.15) is 23.0 Å². The molecule has 0 saturated heterocycles. The topological polar surface area (TPSA) is 120 Å². The van der Waals surface area contributed by atoms with Gasteiger partial charge in [-0.15, -0.1) is 0 Å². The molecule has 0 spiro atoms. The maximum atomic E-state index is 12.9. The van der Waals surface area contributed by atoms with Crippen molar-refractivity contribution in [2.24, 2.45) is 5.92 Å². The van der Waals surface area contributed by atoms with Gasteiger partial charge in [0.25, 0.3) is 5.56 Å². The number of methoxy groups -OCH3 is 1. The number of hydrogen-bond donors (Lipinski definition) is 3. The Labute approximate surface area is 176 Å². The Balaban J connectivity index is 1.71. The Kier molecular flexibility index (Phi) is 5.12. The van der Waals surface area contributed by atoms with Crippen molar-refractivity contribution in [2.75, 3.05) is 17.7 Å². The molecule has 1 aliphatic heterocycles. The number of halogens is 1. The van der Waals surface area contributed by atoms with E-state index in [1.54, 1.807) is 55.6 Å². The molecule has 9 heteroatoms. The summed E-state index contributed by atoms with van der Waals surface area (Å²) in [6, 6.07) is 15.2. The monoisotopic (exact) mass is 421 g/mol. The van der Waals surface area contributed by atoms with E-state index in [4.69, 9.17) is 16.3 Å². The van der Waals surface area contributed by atoms with Crippen LogP contribution in [0.5, 0.6) is 5.75 Å². The third-order valence-corrected chi connectivity index (χ3v) is 5.05. The van der Waals surface area contributed by atoms with E-state index in [-0.39, 0.29) is 17.3 Å². The van der Waals surface area contributed by atoms with Crippen molar-refractivity contribution in [3.8, 4) is 11.8 Å². The fourth-order valence-electron chi connectivity index (χ4n) is 3.29. The molecule has 4 rings (SSSR count). The molecule has 1 aromatic heterocycles. The Morgan fingerprint density at radius 2 is 1.83 bits per heavy atom. The van der Waals surface area contributed by atoms with E-state index in [2.05, 4.69) is 20.6 Å². The number of anilines is 3. The van der Waals surface area contributed by atoms with E-state index in [1.165, 1.54) is 0 Å². The van der Waals surface area contributed by atoms with Gasteiger partial charge in [0.05, 0.1) is 19.2 Å². The third kappa shape index (κ3) is 3.58. The molecule has 2 heterocycles. The molecule has 0 saturated carbocycles. The SMILES string of the molecule is COc1ccc(Nc2nc3c(c(=O)[nH]2)C(=O)[C@H](C#N)[C@@H](c2ccc(Cl)cc2)N3)cc1.